The number of nitrogens with zero attached hydrogens (tertiary/aromatic N) is 2. The molecule has 3 rings (SSSR count). The molecular formula is C23H27N5O2. The molecule has 30 heavy (non-hydrogen) atoms. The fraction of sp³-hybridized carbons (Fsp3) is 0.261. The molecule has 7 nitrogen and oxygen atoms in total. The van der Waals surface area contributed by atoms with Crippen LogP contribution in [0.3, 0.4) is 0 Å². The Kier molecular flexibility index (Phi) is 6.51. The van der Waals surface area contributed by atoms with Crippen LogP contribution in [0, 0.1) is 20.8 Å². The molecule has 0 saturated carbocycles. The summed E-state index contributed by atoms with van der Waals surface area (Å²) in [5, 5.41) is 8.34. The molecule has 0 aliphatic carbocycles. The predicted octanol–water partition coefficient (Wildman–Crippen LogP) is 3.80. The van der Waals surface area contributed by atoms with E-state index in [0.29, 0.717) is 0 Å². The fourth-order valence-corrected chi connectivity index (χ4v) is 3.40. The van der Waals surface area contributed by atoms with Crippen molar-refractivity contribution in [3.63, 3.8) is 0 Å². The third-order valence-electron chi connectivity index (χ3n) is 4.89. The molecule has 3 amide bonds. The second-order valence-electron chi connectivity index (χ2n) is 7.43. The van der Waals surface area contributed by atoms with Gasteiger partial charge in [0.25, 0.3) is 0 Å². The van der Waals surface area contributed by atoms with Crippen LogP contribution in [0.15, 0.2) is 55.1 Å². The van der Waals surface area contributed by atoms with Gasteiger partial charge in [-0.05, 0) is 56.5 Å². The summed E-state index contributed by atoms with van der Waals surface area (Å²) in [6, 6.07) is 11.3. The van der Waals surface area contributed by atoms with E-state index in [4.69, 9.17) is 0 Å². The van der Waals surface area contributed by atoms with Crippen LogP contribution in [-0.4, -0.2) is 28.0 Å². The third kappa shape index (κ3) is 5.26. The Labute approximate surface area is 176 Å². The lowest BCUT2D eigenvalue weighted by atomic mass is 10.1. The summed E-state index contributed by atoms with van der Waals surface area (Å²) >= 11 is 0. The first kappa shape index (κ1) is 21.1. The van der Waals surface area contributed by atoms with Crippen LogP contribution in [-0.2, 0) is 4.79 Å². The molecule has 1 aromatic heterocycles. The molecule has 0 spiro atoms. The van der Waals surface area contributed by atoms with Crippen molar-refractivity contribution in [2.24, 2.45) is 0 Å². The average Bonchev–Trinajstić information content (AvgIpc) is 3.24. The predicted molar refractivity (Wildman–Crippen MR) is 118 cm³/mol. The van der Waals surface area contributed by atoms with Gasteiger partial charge in [-0.25, -0.2) is 9.78 Å². The molecule has 0 bridgehead atoms. The minimum atomic E-state index is -0.395. The highest BCUT2D eigenvalue weighted by molar-refractivity contribution is 5.95. The summed E-state index contributed by atoms with van der Waals surface area (Å²) < 4.78 is 1.91. The van der Waals surface area contributed by atoms with E-state index >= 15 is 0 Å². The number of aromatic nitrogens is 2. The topological polar surface area (TPSA) is 88.0 Å². The minimum absolute atomic E-state index is 0.106. The molecule has 0 fully saturated rings. The number of carbonyl (C=O) groups excluding carboxylic acids is 2. The Morgan fingerprint density at radius 3 is 2.33 bits per heavy atom. The number of hydrogen-bond acceptors (Lipinski definition) is 3. The van der Waals surface area contributed by atoms with E-state index in [0.717, 1.165) is 33.6 Å². The van der Waals surface area contributed by atoms with Crippen LogP contribution < -0.4 is 16.0 Å². The van der Waals surface area contributed by atoms with Crippen molar-refractivity contribution < 1.29 is 9.59 Å². The van der Waals surface area contributed by atoms with E-state index in [1.165, 1.54) is 0 Å². The van der Waals surface area contributed by atoms with Gasteiger partial charge in [-0.15, -0.1) is 0 Å². The highest BCUT2D eigenvalue weighted by Gasteiger charge is 2.12. The second-order valence-corrected chi connectivity index (χ2v) is 7.43. The molecule has 1 unspecified atom stereocenters. The normalized spacial score (nSPS) is 11.6. The van der Waals surface area contributed by atoms with Crippen LogP contribution in [0.5, 0.6) is 0 Å². The number of amides is 3. The van der Waals surface area contributed by atoms with Crippen LogP contribution >= 0.6 is 0 Å². The maximum Gasteiger partial charge on any atom is 0.315 e. The van der Waals surface area contributed by atoms with Gasteiger partial charge in [0, 0.05) is 23.8 Å². The molecule has 2 aromatic carbocycles. The molecule has 156 valence electrons. The van der Waals surface area contributed by atoms with E-state index in [9.17, 15) is 9.59 Å². The van der Waals surface area contributed by atoms with Crippen LogP contribution in [0.4, 0.5) is 10.5 Å². The summed E-state index contributed by atoms with van der Waals surface area (Å²) in [5.41, 5.74) is 5.89. The van der Waals surface area contributed by atoms with Gasteiger partial charge in [0.05, 0.1) is 18.9 Å². The third-order valence-corrected chi connectivity index (χ3v) is 4.89. The van der Waals surface area contributed by atoms with Crippen molar-refractivity contribution in [3.8, 4) is 5.69 Å². The van der Waals surface area contributed by atoms with Crippen molar-refractivity contribution >= 4 is 17.6 Å². The lowest BCUT2D eigenvalue weighted by Crippen LogP contribution is -2.41. The summed E-state index contributed by atoms with van der Waals surface area (Å²) in [4.78, 5) is 28.5. The van der Waals surface area contributed by atoms with Crippen molar-refractivity contribution in [1.29, 1.82) is 0 Å². The van der Waals surface area contributed by atoms with Crippen molar-refractivity contribution in [1.82, 2.24) is 20.2 Å². The molecule has 0 aliphatic heterocycles. The van der Waals surface area contributed by atoms with Gasteiger partial charge in [0.15, 0.2) is 0 Å². The zero-order valence-corrected chi connectivity index (χ0v) is 17.7. The number of nitrogens with one attached hydrogen (secondary N) is 3. The minimum Gasteiger partial charge on any atom is -0.332 e. The Morgan fingerprint density at radius 1 is 1.07 bits per heavy atom. The van der Waals surface area contributed by atoms with Gasteiger partial charge in [-0.1, -0.05) is 29.8 Å². The first-order chi connectivity index (χ1) is 14.3. The molecule has 3 aromatic rings. The lowest BCUT2D eigenvalue weighted by molar-refractivity contribution is -0.115. The molecule has 1 atom stereocenters. The average molecular weight is 406 g/mol. The van der Waals surface area contributed by atoms with Crippen molar-refractivity contribution in [2.45, 2.75) is 33.7 Å². The van der Waals surface area contributed by atoms with Crippen LogP contribution in [0.1, 0.15) is 35.2 Å². The van der Waals surface area contributed by atoms with E-state index < -0.39 is 6.03 Å². The van der Waals surface area contributed by atoms with Crippen LogP contribution in [0.25, 0.3) is 5.69 Å². The smallest absolute Gasteiger partial charge is 0.315 e. The summed E-state index contributed by atoms with van der Waals surface area (Å²) in [6.45, 7) is 7.71. The van der Waals surface area contributed by atoms with E-state index in [-0.39, 0.29) is 18.5 Å². The quantitative estimate of drug-likeness (QED) is 0.583. The number of hydrogen-bond donors (Lipinski definition) is 3. The molecule has 3 N–H and O–H groups in total. The van der Waals surface area contributed by atoms with Crippen molar-refractivity contribution in [2.75, 3.05) is 11.9 Å². The van der Waals surface area contributed by atoms with Gasteiger partial charge in [0.2, 0.25) is 5.91 Å². The standard InChI is InChI=1S/C23H27N5O2/c1-15-11-16(2)22(17(3)12-15)27-21(29)13-25-23(30)26-18(4)19-5-7-20(8-6-19)28-10-9-24-14-28/h5-12,14,18H,13H2,1-4H3,(H,27,29)(H2,25,26,30). The van der Waals surface area contributed by atoms with E-state index in [2.05, 4.69) is 20.9 Å². The summed E-state index contributed by atoms with van der Waals surface area (Å²) in [7, 11) is 0. The van der Waals surface area contributed by atoms with Gasteiger partial charge < -0.3 is 20.5 Å². The molecule has 1 heterocycles. The molecule has 0 aliphatic rings. The zero-order chi connectivity index (χ0) is 21.7. The number of rotatable bonds is 6. The summed E-state index contributed by atoms with van der Waals surface area (Å²) in [6.07, 6.45) is 5.32. The fourth-order valence-electron chi connectivity index (χ4n) is 3.40. The molecule has 0 radical (unpaired) electrons. The SMILES string of the molecule is Cc1cc(C)c(NC(=O)CNC(=O)NC(C)c2ccc(-n3ccnc3)cc2)c(C)c1. The molecule has 7 heteroatoms. The van der Waals surface area contributed by atoms with Gasteiger partial charge in [-0.3, -0.25) is 4.79 Å². The first-order valence-corrected chi connectivity index (χ1v) is 9.84. The van der Waals surface area contributed by atoms with Crippen molar-refractivity contribution in [3.05, 3.63) is 77.4 Å². The highest BCUT2D eigenvalue weighted by Crippen LogP contribution is 2.21. The molecular weight excluding hydrogens is 378 g/mol. The van der Waals surface area contributed by atoms with Gasteiger partial charge in [0.1, 0.15) is 0 Å². The Morgan fingerprint density at radius 2 is 1.73 bits per heavy atom. The monoisotopic (exact) mass is 405 g/mol. The van der Waals surface area contributed by atoms with Gasteiger partial charge >= 0.3 is 6.03 Å². The Bertz CT molecular complexity index is 1000. The largest absolute Gasteiger partial charge is 0.332 e. The molecule has 0 saturated heterocycles. The number of benzene rings is 2. The Hall–Kier alpha value is -3.61. The van der Waals surface area contributed by atoms with Gasteiger partial charge in [-0.2, -0.15) is 0 Å². The Balaban J connectivity index is 1.50. The van der Waals surface area contributed by atoms with Crippen LogP contribution in [0.2, 0.25) is 0 Å². The number of carbonyl (C=O) groups is 2. The first-order valence-electron chi connectivity index (χ1n) is 9.84. The number of anilines is 1. The lowest BCUT2D eigenvalue weighted by Gasteiger charge is -2.16. The maximum absolute atomic E-state index is 12.3. The summed E-state index contributed by atoms with van der Waals surface area (Å²) in [5.74, 6) is -0.266. The van der Waals surface area contributed by atoms with E-state index in [1.54, 1.807) is 12.5 Å². The maximum atomic E-state index is 12.3. The number of aryl methyl sites for hydroxylation is 3. The number of urea groups is 1. The zero-order valence-electron chi connectivity index (χ0n) is 17.7. The second kappa shape index (κ2) is 9.26. The highest BCUT2D eigenvalue weighted by atomic mass is 16.2. The van der Waals surface area contributed by atoms with E-state index in [1.807, 2.05) is 74.9 Å². The number of imidazole rings is 1.